The highest BCUT2D eigenvalue weighted by molar-refractivity contribution is 7.84. The molecular weight excluding hydrogens is 524 g/mol. The molecule has 0 saturated carbocycles. The van der Waals surface area contributed by atoms with Gasteiger partial charge in [-0.05, 0) is 69.2 Å². The molecule has 204 valence electrons. The quantitative estimate of drug-likeness (QED) is 0.267. The molecule has 1 N–H and O–H groups in total. The molecular formula is C30H30N6O3S. The van der Waals surface area contributed by atoms with Crippen LogP contribution in [0.25, 0.3) is 10.9 Å². The van der Waals surface area contributed by atoms with Crippen LogP contribution in [0.5, 0.6) is 11.5 Å². The lowest BCUT2D eigenvalue weighted by Crippen LogP contribution is -2.22. The fourth-order valence-electron chi connectivity index (χ4n) is 4.15. The molecule has 1 amide bonds. The first kappa shape index (κ1) is 27.1. The van der Waals surface area contributed by atoms with E-state index in [1.54, 1.807) is 37.1 Å². The van der Waals surface area contributed by atoms with Crippen molar-refractivity contribution in [2.45, 2.75) is 50.3 Å². The Labute approximate surface area is 235 Å². The van der Waals surface area contributed by atoms with Crippen LogP contribution in [0.15, 0.2) is 84.5 Å². The molecule has 5 aromatic rings. The van der Waals surface area contributed by atoms with Crippen molar-refractivity contribution in [2.75, 3.05) is 5.32 Å². The zero-order valence-electron chi connectivity index (χ0n) is 22.8. The molecule has 5 rings (SSSR count). The largest absolute Gasteiger partial charge is 0.456 e. The number of fused-ring (bicyclic) bond motifs is 1. The fraction of sp³-hybridized carbons (Fsp3) is 0.233. The van der Waals surface area contributed by atoms with Crippen molar-refractivity contribution in [1.82, 2.24) is 24.7 Å². The molecule has 0 saturated heterocycles. The highest BCUT2D eigenvalue weighted by atomic mass is 32.2. The lowest BCUT2D eigenvalue weighted by molar-refractivity contribution is -0.115. The van der Waals surface area contributed by atoms with Crippen molar-refractivity contribution in [3.63, 3.8) is 0 Å². The second-order valence-electron chi connectivity index (χ2n) is 10.4. The summed E-state index contributed by atoms with van der Waals surface area (Å²) in [5, 5.41) is 8.00. The minimum Gasteiger partial charge on any atom is -0.456 e. The topological polar surface area (TPSA) is 112 Å². The molecule has 0 radical (unpaired) electrons. The monoisotopic (exact) mass is 554 g/mol. The number of anilines is 1. The van der Waals surface area contributed by atoms with Gasteiger partial charge < -0.3 is 10.1 Å². The number of nitrogens with one attached hydrogen (secondary N) is 1. The van der Waals surface area contributed by atoms with Crippen LogP contribution in [-0.2, 0) is 33.3 Å². The highest BCUT2D eigenvalue weighted by Crippen LogP contribution is 2.32. The Kier molecular flexibility index (Phi) is 7.70. The number of nitrogens with zero attached hydrogens (tertiary/aromatic N) is 5. The van der Waals surface area contributed by atoms with Crippen LogP contribution in [0.4, 0.5) is 5.69 Å². The van der Waals surface area contributed by atoms with Gasteiger partial charge >= 0.3 is 0 Å². The Bertz CT molecular complexity index is 1700. The molecule has 0 aliphatic heterocycles. The van der Waals surface area contributed by atoms with Crippen LogP contribution in [0.1, 0.15) is 37.6 Å². The minimum atomic E-state index is -1.31. The van der Waals surface area contributed by atoms with Crippen molar-refractivity contribution < 1.29 is 13.7 Å². The fourth-order valence-corrected chi connectivity index (χ4v) is 5.21. The number of benzene rings is 2. The van der Waals surface area contributed by atoms with Crippen LogP contribution in [0.3, 0.4) is 0 Å². The SMILES string of the molecule is Cc1cc(CC(=O)Nc2cnn(C(C)(C)C)c2)ccc1Oc1ccnc2ccc(S(=O)Cc3cnccn3)cc12. The van der Waals surface area contributed by atoms with Crippen LogP contribution >= 0.6 is 0 Å². The molecule has 2 aromatic carbocycles. The van der Waals surface area contributed by atoms with Crippen molar-refractivity contribution in [3.8, 4) is 11.5 Å². The van der Waals surface area contributed by atoms with Crippen LogP contribution in [0, 0.1) is 6.92 Å². The number of carbonyl (C=O) groups excluding carboxylic acids is 1. The second-order valence-corrected chi connectivity index (χ2v) is 11.9. The first-order valence-electron chi connectivity index (χ1n) is 12.8. The first-order valence-corrected chi connectivity index (χ1v) is 14.1. The van der Waals surface area contributed by atoms with Crippen molar-refractivity contribution in [2.24, 2.45) is 0 Å². The van der Waals surface area contributed by atoms with E-state index in [2.05, 4.69) is 25.4 Å². The van der Waals surface area contributed by atoms with Crippen molar-refractivity contribution >= 4 is 33.3 Å². The van der Waals surface area contributed by atoms with E-state index < -0.39 is 10.8 Å². The molecule has 3 aromatic heterocycles. The Balaban J connectivity index is 1.30. The third-order valence-corrected chi connectivity index (χ3v) is 7.55. The van der Waals surface area contributed by atoms with Gasteiger partial charge in [-0.2, -0.15) is 5.10 Å². The van der Waals surface area contributed by atoms with Gasteiger partial charge in [0, 0.05) is 41.3 Å². The van der Waals surface area contributed by atoms with Crippen LogP contribution < -0.4 is 10.1 Å². The van der Waals surface area contributed by atoms with Gasteiger partial charge in [0.2, 0.25) is 5.91 Å². The number of hydrogen-bond acceptors (Lipinski definition) is 7. The number of rotatable bonds is 8. The summed E-state index contributed by atoms with van der Waals surface area (Å²) in [7, 11) is -1.31. The summed E-state index contributed by atoms with van der Waals surface area (Å²) in [6.45, 7) is 8.09. The number of aromatic nitrogens is 5. The van der Waals surface area contributed by atoms with Gasteiger partial charge in [-0.3, -0.25) is 28.6 Å². The number of carbonyl (C=O) groups is 1. The number of ether oxygens (including phenoxy) is 1. The van der Waals surface area contributed by atoms with E-state index >= 15 is 0 Å². The normalized spacial score (nSPS) is 12.3. The van der Waals surface area contributed by atoms with Gasteiger partial charge in [0.15, 0.2) is 0 Å². The average molecular weight is 555 g/mol. The standard InChI is InChI=1S/C30H30N6O3S/c1-20-13-21(14-29(37)35-22-17-34-36(18-22)30(2,3)4)5-8-27(20)39-28-9-10-33-26-7-6-24(15-25(26)28)40(38)19-23-16-31-11-12-32-23/h5-13,15-18H,14,19H2,1-4H3,(H,35,37). The summed E-state index contributed by atoms with van der Waals surface area (Å²) in [5.41, 5.74) is 3.65. The number of hydrogen-bond donors (Lipinski definition) is 1. The molecule has 0 fully saturated rings. The maximum absolute atomic E-state index is 13.0. The summed E-state index contributed by atoms with van der Waals surface area (Å²) < 4.78 is 21.1. The lowest BCUT2D eigenvalue weighted by atomic mass is 10.1. The molecule has 40 heavy (non-hydrogen) atoms. The number of amides is 1. The predicted octanol–water partition coefficient (Wildman–Crippen LogP) is 5.57. The number of pyridine rings is 1. The molecule has 0 aliphatic carbocycles. The maximum Gasteiger partial charge on any atom is 0.228 e. The van der Waals surface area contributed by atoms with Gasteiger partial charge in [-0.25, -0.2) is 0 Å². The van der Waals surface area contributed by atoms with Crippen LogP contribution in [0.2, 0.25) is 0 Å². The Hall–Kier alpha value is -4.44. The highest BCUT2D eigenvalue weighted by Gasteiger charge is 2.16. The van der Waals surface area contributed by atoms with Crippen molar-refractivity contribution in [3.05, 3.63) is 96.5 Å². The van der Waals surface area contributed by atoms with Gasteiger partial charge in [0.05, 0.1) is 51.6 Å². The predicted molar refractivity (Wildman–Crippen MR) is 155 cm³/mol. The molecule has 1 atom stereocenters. The Morgan fingerprint density at radius 1 is 1.00 bits per heavy atom. The average Bonchev–Trinajstić information content (AvgIpc) is 3.40. The van der Waals surface area contributed by atoms with E-state index in [0.717, 1.165) is 22.0 Å². The number of aryl methyl sites for hydroxylation is 1. The van der Waals surface area contributed by atoms with E-state index in [1.807, 2.05) is 75.0 Å². The van der Waals surface area contributed by atoms with Gasteiger partial charge in [0.25, 0.3) is 0 Å². The van der Waals surface area contributed by atoms with E-state index in [-0.39, 0.29) is 23.6 Å². The molecule has 3 heterocycles. The zero-order chi connectivity index (χ0) is 28.3. The van der Waals surface area contributed by atoms with Gasteiger partial charge in [-0.15, -0.1) is 0 Å². The zero-order valence-corrected chi connectivity index (χ0v) is 23.6. The van der Waals surface area contributed by atoms with E-state index in [9.17, 15) is 9.00 Å². The van der Waals surface area contributed by atoms with Gasteiger partial charge in [0.1, 0.15) is 11.5 Å². The summed E-state index contributed by atoms with van der Waals surface area (Å²) >= 11 is 0. The molecule has 10 heteroatoms. The lowest BCUT2D eigenvalue weighted by Gasteiger charge is -2.18. The van der Waals surface area contributed by atoms with E-state index in [4.69, 9.17) is 4.74 Å². The van der Waals surface area contributed by atoms with E-state index in [0.29, 0.717) is 27.8 Å². The maximum atomic E-state index is 13.0. The molecule has 0 bridgehead atoms. The molecule has 0 spiro atoms. The first-order chi connectivity index (χ1) is 19.2. The molecule has 9 nitrogen and oxygen atoms in total. The smallest absolute Gasteiger partial charge is 0.228 e. The Morgan fingerprint density at radius 3 is 2.58 bits per heavy atom. The summed E-state index contributed by atoms with van der Waals surface area (Å²) in [4.78, 5) is 26.0. The van der Waals surface area contributed by atoms with Crippen LogP contribution in [-0.4, -0.2) is 34.8 Å². The summed E-state index contributed by atoms with van der Waals surface area (Å²) in [6, 6.07) is 13.0. The summed E-state index contributed by atoms with van der Waals surface area (Å²) in [5.74, 6) is 1.41. The summed E-state index contributed by atoms with van der Waals surface area (Å²) in [6.07, 6.45) is 10.2. The van der Waals surface area contributed by atoms with Gasteiger partial charge in [-0.1, -0.05) is 12.1 Å². The molecule has 0 aliphatic rings. The van der Waals surface area contributed by atoms with E-state index in [1.165, 1.54) is 0 Å². The third kappa shape index (κ3) is 6.40. The Morgan fingerprint density at radius 2 is 1.85 bits per heavy atom. The molecule has 1 unspecified atom stereocenters. The minimum absolute atomic E-state index is 0.122. The third-order valence-electron chi connectivity index (χ3n) is 6.21. The van der Waals surface area contributed by atoms with Crippen molar-refractivity contribution in [1.29, 1.82) is 0 Å². The second kappa shape index (κ2) is 11.4.